The van der Waals surface area contributed by atoms with E-state index in [2.05, 4.69) is 20.2 Å². The summed E-state index contributed by atoms with van der Waals surface area (Å²) in [5.74, 6) is -0.247. The molecule has 26 heavy (non-hydrogen) atoms. The Bertz CT molecular complexity index is 853. The highest BCUT2D eigenvalue weighted by molar-refractivity contribution is 7.91. The molecule has 0 unspecified atom stereocenters. The Labute approximate surface area is 158 Å². The number of amides is 1. The molecule has 0 aliphatic rings. The fraction of sp³-hybridized carbons (Fsp3) is 0.471. The van der Waals surface area contributed by atoms with Crippen molar-refractivity contribution in [3.63, 3.8) is 0 Å². The van der Waals surface area contributed by atoms with Crippen LogP contribution >= 0.6 is 11.3 Å². The first kappa shape index (κ1) is 20.5. The van der Waals surface area contributed by atoms with Crippen LogP contribution in [0.5, 0.6) is 0 Å². The van der Waals surface area contributed by atoms with E-state index in [-0.39, 0.29) is 15.4 Å². The molecule has 0 radical (unpaired) electrons. The second-order valence-corrected chi connectivity index (χ2v) is 9.98. The summed E-state index contributed by atoms with van der Waals surface area (Å²) in [5, 5.41) is 10.2. The zero-order valence-corrected chi connectivity index (χ0v) is 17.0. The highest BCUT2D eigenvalue weighted by atomic mass is 32.2. The standard InChI is InChI=1S/C17H24N4O3S2/c1-12-7-9-13(10-8-12)6-5-11-18-26(23,24)16-21-20-15(25-16)19-14(22)17(2,3)4/h7-10,18H,5-6,11H2,1-4H3,(H,19,20,22). The molecule has 1 heterocycles. The molecular weight excluding hydrogens is 372 g/mol. The monoisotopic (exact) mass is 396 g/mol. The van der Waals surface area contributed by atoms with Crippen molar-refractivity contribution in [3.05, 3.63) is 35.4 Å². The average molecular weight is 397 g/mol. The highest BCUT2D eigenvalue weighted by Crippen LogP contribution is 2.22. The van der Waals surface area contributed by atoms with Gasteiger partial charge in [0.05, 0.1) is 0 Å². The van der Waals surface area contributed by atoms with Gasteiger partial charge in [0.15, 0.2) is 0 Å². The zero-order valence-electron chi connectivity index (χ0n) is 15.4. The first-order valence-corrected chi connectivity index (χ1v) is 10.6. The molecule has 0 bridgehead atoms. The van der Waals surface area contributed by atoms with Crippen molar-refractivity contribution < 1.29 is 13.2 Å². The molecule has 0 atom stereocenters. The van der Waals surface area contributed by atoms with Crippen LogP contribution in [0.3, 0.4) is 0 Å². The van der Waals surface area contributed by atoms with E-state index in [1.807, 2.05) is 31.2 Å². The van der Waals surface area contributed by atoms with E-state index in [1.54, 1.807) is 20.8 Å². The third-order valence-corrected chi connectivity index (χ3v) is 6.26. The van der Waals surface area contributed by atoms with E-state index in [9.17, 15) is 13.2 Å². The maximum absolute atomic E-state index is 12.3. The number of benzene rings is 1. The van der Waals surface area contributed by atoms with Crippen LogP contribution in [0.4, 0.5) is 5.13 Å². The molecule has 0 aliphatic heterocycles. The molecule has 1 amide bonds. The van der Waals surface area contributed by atoms with Gasteiger partial charge in [-0.1, -0.05) is 61.9 Å². The second kappa shape index (κ2) is 8.24. The Morgan fingerprint density at radius 3 is 2.42 bits per heavy atom. The summed E-state index contributed by atoms with van der Waals surface area (Å²) in [6, 6.07) is 8.15. The lowest BCUT2D eigenvalue weighted by atomic mass is 9.96. The third kappa shape index (κ3) is 5.86. The number of carbonyl (C=O) groups is 1. The lowest BCUT2D eigenvalue weighted by molar-refractivity contribution is -0.123. The van der Waals surface area contributed by atoms with Crippen LogP contribution in [0, 0.1) is 12.3 Å². The van der Waals surface area contributed by atoms with E-state index >= 15 is 0 Å². The highest BCUT2D eigenvalue weighted by Gasteiger charge is 2.24. The van der Waals surface area contributed by atoms with E-state index in [0.717, 1.165) is 23.3 Å². The minimum atomic E-state index is -3.73. The van der Waals surface area contributed by atoms with Crippen LogP contribution < -0.4 is 10.0 Å². The maximum atomic E-state index is 12.3. The van der Waals surface area contributed by atoms with Crippen LogP contribution in [-0.4, -0.2) is 31.1 Å². The van der Waals surface area contributed by atoms with Gasteiger partial charge in [-0.3, -0.25) is 4.79 Å². The summed E-state index contributed by atoms with van der Waals surface area (Å²) in [6.45, 7) is 7.61. The molecule has 1 aromatic carbocycles. The number of hydrogen-bond acceptors (Lipinski definition) is 6. The quantitative estimate of drug-likeness (QED) is 0.553. The zero-order chi connectivity index (χ0) is 19.4. The molecule has 2 aromatic rings. The van der Waals surface area contributed by atoms with E-state index in [4.69, 9.17) is 0 Å². The lowest BCUT2D eigenvalue weighted by Gasteiger charge is -2.15. The Kier molecular flexibility index (Phi) is 6.48. The minimum absolute atomic E-state index is 0.156. The molecule has 0 saturated heterocycles. The van der Waals surface area contributed by atoms with E-state index < -0.39 is 15.4 Å². The molecule has 2 rings (SSSR count). The van der Waals surface area contributed by atoms with Gasteiger partial charge in [0.2, 0.25) is 15.4 Å². The number of anilines is 1. The first-order chi connectivity index (χ1) is 12.1. The van der Waals surface area contributed by atoms with Crippen molar-refractivity contribution in [3.8, 4) is 0 Å². The molecule has 0 aliphatic carbocycles. The van der Waals surface area contributed by atoms with Crippen molar-refractivity contribution >= 4 is 32.4 Å². The third-order valence-electron chi connectivity index (χ3n) is 3.59. The van der Waals surface area contributed by atoms with Crippen LogP contribution in [0.1, 0.15) is 38.3 Å². The fourth-order valence-electron chi connectivity index (χ4n) is 1.97. The summed E-state index contributed by atoms with van der Waals surface area (Å²) in [7, 11) is -3.73. The summed E-state index contributed by atoms with van der Waals surface area (Å²) in [5.41, 5.74) is 1.76. The summed E-state index contributed by atoms with van der Waals surface area (Å²) in [4.78, 5) is 11.9. The molecule has 0 saturated carbocycles. The summed E-state index contributed by atoms with van der Waals surface area (Å²) in [6.07, 6.45) is 1.46. The number of carbonyl (C=O) groups excluding carboxylic acids is 1. The second-order valence-electron chi connectivity index (χ2n) is 7.06. The summed E-state index contributed by atoms with van der Waals surface area (Å²) < 4.78 is 26.9. The largest absolute Gasteiger partial charge is 0.300 e. The van der Waals surface area contributed by atoms with Gasteiger partial charge in [-0.25, -0.2) is 13.1 Å². The van der Waals surface area contributed by atoms with Crippen LogP contribution in [0.15, 0.2) is 28.6 Å². The molecule has 0 spiro atoms. The van der Waals surface area contributed by atoms with Crippen molar-refractivity contribution in [2.45, 2.75) is 44.9 Å². The molecule has 7 nitrogen and oxygen atoms in total. The Morgan fingerprint density at radius 2 is 1.81 bits per heavy atom. The van der Waals surface area contributed by atoms with Crippen molar-refractivity contribution in [2.24, 2.45) is 5.41 Å². The number of nitrogens with one attached hydrogen (secondary N) is 2. The van der Waals surface area contributed by atoms with Gasteiger partial charge in [0.1, 0.15) is 0 Å². The fourth-order valence-corrected chi connectivity index (χ4v) is 3.98. The first-order valence-electron chi connectivity index (χ1n) is 8.28. The van der Waals surface area contributed by atoms with Gasteiger partial charge in [0, 0.05) is 12.0 Å². The molecule has 0 fully saturated rings. The average Bonchev–Trinajstić information content (AvgIpc) is 3.02. The van der Waals surface area contributed by atoms with Gasteiger partial charge in [0.25, 0.3) is 10.0 Å². The number of aryl methyl sites for hydroxylation is 2. The predicted octanol–water partition coefficient (Wildman–Crippen LogP) is 2.74. The normalized spacial score (nSPS) is 12.2. The van der Waals surface area contributed by atoms with Gasteiger partial charge >= 0.3 is 0 Å². The molecule has 1 aromatic heterocycles. The summed E-state index contributed by atoms with van der Waals surface area (Å²) >= 11 is 0.836. The lowest BCUT2D eigenvalue weighted by Crippen LogP contribution is -2.27. The molecular formula is C17H24N4O3S2. The number of hydrogen-bond donors (Lipinski definition) is 2. The van der Waals surface area contributed by atoms with Gasteiger partial charge in [-0.15, -0.1) is 10.2 Å². The van der Waals surface area contributed by atoms with Crippen molar-refractivity contribution in [1.82, 2.24) is 14.9 Å². The van der Waals surface area contributed by atoms with E-state index in [1.165, 1.54) is 5.56 Å². The Balaban J connectivity index is 1.87. The number of aromatic nitrogens is 2. The maximum Gasteiger partial charge on any atom is 0.269 e. The molecule has 9 heteroatoms. The smallest absolute Gasteiger partial charge is 0.269 e. The van der Waals surface area contributed by atoms with Crippen molar-refractivity contribution in [2.75, 3.05) is 11.9 Å². The van der Waals surface area contributed by atoms with Crippen LogP contribution in [0.25, 0.3) is 0 Å². The van der Waals surface area contributed by atoms with Crippen LogP contribution in [0.2, 0.25) is 0 Å². The van der Waals surface area contributed by atoms with Crippen LogP contribution in [-0.2, 0) is 21.2 Å². The van der Waals surface area contributed by atoms with Crippen molar-refractivity contribution in [1.29, 1.82) is 0 Å². The molecule has 142 valence electrons. The van der Waals surface area contributed by atoms with E-state index in [0.29, 0.717) is 13.0 Å². The topological polar surface area (TPSA) is 101 Å². The predicted molar refractivity (Wildman–Crippen MR) is 103 cm³/mol. The molecule has 2 N–H and O–H groups in total. The number of rotatable bonds is 7. The SMILES string of the molecule is Cc1ccc(CCCNS(=O)(=O)c2nnc(NC(=O)C(C)(C)C)s2)cc1. The number of nitrogens with zero attached hydrogens (tertiary/aromatic N) is 2. The Hall–Kier alpha value is -1.84. The van der Waals surface area contributed by atoms with Gasteiger partial charge < -0.3 is 5.32 Å². The Morgan fingerprint density at radius 1 is 1.15 bits per heavy atom. The van der Waals surface area contributed by atoms with Gasteiger partial charge in [-0.2, -0.15) is 0 Å². The van der Waals surface area contributed by atoms with Gasteiger partial charge in [-0.05, 0) is 25.3 Å². The minimum Gasteiger partial charge on any atom is -0.300 e. The number of sulfonamides is 1.